The van der Waals surface area contributed by atoms with Gasteiger partial charge < -0.3 is 14.8 Å². The molecule has 0 atom stereocenters. The van der Waals surface area contributed by atoms with Crippen LogP contribution in [0.15, 0.2) is 48.9 Å². The number of hydrogen-bond acceptors (Lipinski definition) is 6. The van der Waals surface area contributed by atoms with Crippen LogP contribution in [0, 0.1) is 6.92 Å². The fourth-order valence-electron chi connectivity index (χ4n) is 3.29. The van der Waals surface area contributed by atoms with Gasteiger partial charge in [-0.3, -0.25) is 14.8 Å². The number of carbonyl (C=O) groups is 1. The molecule has 0 saturated heterocycles. The number of hydrogen-bond donors (Lipinski definition) is 1. The second-order valence-electron chi connectivity index (χ2n) is 6.87. The topological polar surface area (TPSA) is 86.2 Å². The summed E-state index contributed by atoms with van der Waals surface area (Å²) in [5.41, 5.74) is 3.24. The molecule has 4 rings (SSSR count). The van der Waals surface area contributed by atoms with E-state index < -0.39 is 0 Å². The molecular formula is C23H18Cl2N4O3. The van der Waals surface area contributed by atoms with E-state index in [1.165, 1.54) is 26.6 Å². The fraction of sp³-hybridized carbons (Fsp3) is 0.130. The third-order valence-corrected chi connectivity index (χ3v) is 5.62. The number of amides is 1. The maximum Gasteiger partial charge on any atom is 0.259 e. The predicted octanol–water partition coefficient (Wildman–Crippen LogP) is 5.58. The maximum atomic E-state index is 13.0. The fourth-order valence-corrected chi connectivity index (χ4v) is 3.99. The van der Waals surface area contributed by atoms with E-state index in [1.807, 2.05) is 13.0 Å². The normalized spacial score (nSPS) is 10.8. The molecule has 162 valence electrons. The van der Waals surface area contributed by atoms with E-state index in [1.54, 1.807) is 30.5 Å². The highest BCUT2D eigenvalue weighted by Gasteiger charge is 2.23. The number of methoxy groups -OCH3 is 2. The number of fused-ring (bicyclic) bond motifs is 1. The standard InChI is InChI=1S/C23H18Cl2N4O3/c1-12-4-7-17(28-11-12)29-23(30)14-6-5-13(21-22(14)27-9-8-26-21)18-19(24)15(31-2)10-16(32-3)20(18)25/h4-11H,1-3H3,(H,28,29,30). The number of rotatable bonds is 5. The van der Waals surface area contributed by atoms with E-state index in [4.69, 9.17) is 32.7 Å². The van der Waals surface area contributed by atoms with Crippen LogP contribution in [0.3, 0.4) is 0 Å². The predicted molar refractivity (Wildman–Crippen MR) is 125 cm³/mol. The van der Waals surface area contributed by atoms with Crippen LogP contribution in [0.5, 0.6) is 11.5 Å². The van der Waals surface area contributed by atoms with E-state index in [9.17, 15) is 4.79 Å². The molecule has 0 bridgehead atoms. The molecule has 0 aliphatic rings. The molecule has 7 nitrogen and oxygen atoms in total. The zero-order valence-corrected chi connectivity index (χ0v) is 19.0. The Labute approximate surface area is 194 Å². The molecule has 0 radical (unpaired) electrons. The molecule has 32 heavy (non-hydrogen) atoms. The van der Waals surface area contributed by atoms with Crippen molar-refractivity contribution in [3.63, 3.8) is 0 Å². The lowest BCUT2D eigenvalue weighted by atomic mass is 9.99. The Bertz CT molecular complexity index is 1300. The molecular weight excluding hydrogens is 451 g/mol. The molecule has 9 heteroatoms. The van der Waals surface area contributed by atoms with Crippen molar-refractivity contribution in [1.82, 2.24) is 15.0 Å². The Morgan fingerprint density at radius 3 is 2.16 bits per heavy atom. The molecule has 0 spiro atoms. The quantitative estimate of drug-likeness (QED) is 0.411. The van der Waals surface area contributed by atoms with Crippen molar-refractivity contribution in [2.75, 3.05) is 19.5 Å². The highest BCUT2D eigenvalue weighted by Crippen LogP contribution is 2.47. The first kappa shape index (κ1) is 21.8. The van der Waals surface area contributed by atoms with Crippen LogP contribution < -0.4 is 14.8 Å². The zero-order valence-electron chi connectivity index (χ0n) is 17.4. The van der Waals surface area contributed by atoms with E-state index in [0.29, 0.717) is 55.1 Å². The van der Waals surface area contributed by atoms with E-state index >= 15 is 0 Å². The smallest absolute Gasteiger partial charge is 0.259 e. The van der Waals surface area contributed by atoms with Gasteiger partial charge in [0.2, 0.25) is 0 Å². The summed E-state index contributed by atoms with van der Waals surface area (Å²) in [7, 11) is 3.01. The summed E-state index contributed by atoms with van der Waals surface area (Å²) < 4.78 is 10.8. The number of aromatic nitrogens is 3. The molecule has 0 saturated carbocycles. The summed E-state index contributed by atoms with van der Waals surface area (Å²) in [4.78, 5) is 26.1. The third-order valence-electron chi connectivity index (χ3n) is 4.87. The average Bonchev–Trinajstić information content (AvgIpc) is 2.81. The van der Waals surface area contributed by atoms with Crippen molar-refractivity contribution in [3.05, 3.63) is 70.1 Å². The monoisotopic (exact) mass is 468 g/mol. The Morgan fingerprint density at radius 2 is 1.56 bits per heavy atom. The lowest BCUT2D eigenvalue weighted by molar-refractivity contribution is 0.102. The van der Waals surface area contributed by atoms with Crippen molar-refractivity contribution in [2.45, 2.75) is 6.92 Å². The van der Waals surface area contributed by atoms with Gasteiger partial charge in [-0.2, -0.15) is 0 Å². The number of anilines is 1. The lowest BCUT2D eigenvalue weighted by Gasteiger charge is -2.16. The van der Waals surface area contributed by atoms with Gasteiger partial charge in [-0.05, 0) is 24.6 Å². The van der Waals surface area contributed by atoms with Crippen LogP contribution in [0.2, 0.25) is 10.0 Å². The average molecular weight is 469 g/mol. The number of aryl methyl sites for hydroxylation is 1. The van der Waals surface area contributed by atoms with Crippen molar-refractivity contribution < 1.29 is 14.3 Å². The molecule has 0 unspecified atom stereocenters. The largest absolute Gasteiger partial charge is 0.495 e. The third kappa shape index (κ3) is 3.92. The van der Waals surface area contributed by atoms with Crippen LogP contribution in [-0.2, 0) is 0 Å². The number of nitrogens with zero attached hydrogens (tertiary/aromatic N) is 3. The van der Waals surface area contributed by atoms with Crippen LogP contribution in [0.1, 0.15) is 15.9 Å². The molecule has 0 aliphatic carbocycles. The highest BCUT2D eigenvalue weighted by molar-refractivity contribution is 6.41. The Morgan fingerprint density at radius 1 is 0.906 bits per heavy atom. The van der Waals surface area contributed by atoms with Gasteiger partial charge in [-0.1, -0.05) is 35.3 Å². The zero-order chi connectivity index (χ0) is 22.8. The van der Waals surface area contributed by atoms with Gasteiger partial charge >= 0.3 is 0 Å². The summed E-state index contributed by atoms with van der Waals surface area (Å²) >= 11 is 13.2. The second kappa shape index (κ2) is 8.98. The van der Waals surface area contributed by atoms with E-state index in [0.717, 1.165) is 5.56 Å². The highest BCUT2D eigenvalue weighted by atomic mass is 35.5. The minimum absolute atomic E-state index is 0.298. The van der Waals surface area contributed by atoms with Crippen molar-refractivity contribution in [1.29, 1.82) is 0 Å². The number of carbonyl (C=O) groups excluding carboxylic acids is 1. The van der Waals surface area contributed by atoms with E-state index in [-0.39, 0.29) is 5.91 Å². The summed E-state index contributed by atoms with van der Waals surface area (Å²) in [6.07, 6.45) is 4.73. The Balaban J connectivity index is 1.87. The first-order valence-corrected chi connectivity index (χ1v) is 10.3. The second-order valence-corrected chi connectivity index (χ2v) is 7.63. The Kier molecular flexibility index (Phi) is 6.12. The minimum Gasteiger partial charge on any atom is -0.495 e. The summed E-state index contributed by atoms with van der Waals surface area (Å²) in [5, 5.41) is 3.38. The summed E-state index contributed by atoms with van der Waals surface area (Å²) in [5.74, 6) is 0.864. The molecule has 2 heterocycles. The molecule has 4 aromatic rings. The first-order valence-electron chi connectivity index (χ1n) is 9.52. The summed E-state index contributed by atoms with van der Waals surface area (Å²) in [6, 6.07) is 8.58. The minimum atomic E-state index is -0.362. The molecule has 1 amide bonds. The van der Waals surface area contributed by atoms with Crippen LogP contribution in [0.25, 0.3) is 22.2 Å². The molecule has 0 fully saturated rings. The Hall–Kier alpha value is -3.42. The van der Waals surface area contributed by atoms with Gasteiger partial charge in [0.25, 0.3) is 5.91 Å². The van der Waals surface area contributed by atoms with Crippen LogP contribution in [-0.4, -0.2) is 35.1 Å². The first-order chi connectivity index (χ1) is 15.4. The number of nitrogens with one attached hydrogen (secondary N) is 1. The van der Waals surface area contributed by atoms with Crippen LogP contribution >= 0.6 is 23.2 Å². The molecule has 1 N–H and O–H groups in total. The van der Waals surface area contributed by atoms with Crippen molar-refractivity contribution >= 4 is 46.0 Å². The van der Waals surface area contributed by atoms with Crippen LogP contribution in [0.4, 0.5) is 5.82 Å². The van der Waals surface area contributed by atoms with Gasteiger partial charge in [-0.25, -0.2) is 4.98 Å². The van der Waals surface area contributed by atoms with Gasteiger partial charge in [0, 0.05) is 35.8 Å². The number of ether oxygens (including phenoxy) is 2. The molecule has 2 aromatic carbocycles. The van der Waals surface area contributed by atoms with Gasteiger partial charge in [-0.15, -0.1) is 0 Å². The van der Waals surface area contributed by atoms with Crippen molar-refractivity contribution in [2.24, 2.45) is 0 Å². The van der Waals surface area contributed by atoms with E-state index in [2.05, 4.69) is 20.3 Å². The van der Waals surface area contributed by atoms with Gasteiger partial charge in [0.15, 0.2) is 0 Å². The number of benzene rings is 2. The maximum absolute atomic E-state index is 13.0. The summed E-state index contributed by atoms with van der Waals surface area (Å²) in [6.45, 7) is 1.92. The SMILES string of the molecule is COc1cc(OC)c(Cl)c(-c2ccc(C(=O)Nc3ccc(C)cn3)c3nccnc23)c1Cl. The molecule has 0 aliphatic heterocycles. The van der Waals surface area contributed by atoms with Gasteiger partial charge in [0.1, 0.15) is 22.8 Å². The van der Waals surface area contributed by atoms with Crippen molar-refractivity contribution in [3.8, 4) is 22.6 Å². The lowest BCUT2D eigenvalue weighted by Crippen LogP contribution is -2.14. The number of halogens is 2. The molecule has 2 aromatic heterocycles. The number of pyridine rings is 1. The van der Waals surface area contributed by atoms with Gasteiger partial charge in [0.05, 0.1) is 35.3 Å².